The summed E-state index contributed by atoms with van der Waals surface area (Å²) in [6.07, 6.45) is 0.748. The fourth-order valence-electron chi connectivity index (χ4n) is 3.30. The first-order valence-corrected chi connectivity index (χ1v) is 10.8. The van der Waals surface area contributed by atoms with Crippen LogP contribution < -0.4 is 11.1 Å². The molecule has 0 spiro atoms. The second kappa shape index (κ2) is 7.69. The van der Waals surface area contributed by atoms with E-state index in [1.807, 2.05) is 6.92 Å². The van der Waals surface area contributed by atoms with E-state index in [1.165, 1.54) is 41.3 Å². The quantitative estimate of drug-likeness (QED) is 0.502. The van der Waals surface area contributed by atoms with E-state index in [2.05, 4.69) is 10.3 Å². The number of nitrogens with one attached hydrogen (secondary N) is 1. The zero-order valence-corrected chi connectivity index (χ0v) is 17.5. The van der Waals surface area contributed by atoms with Crippen LogP contribution in [0, 0.1) is 10.7 Å². The minimum Gasteiger partial charge on any atom is -0.379 e. The molecule has 154 valence electrons. The van der Waals surface area contributed by atoms with E-state index in [0.717, 1.165) is 22.4 Å². The van der Waals surface area contributed by atoms with Crippen molar-refractivity contribution in [1.82, 2.24) is 0 Å². The molecule has 1 atom stereocenters. The molecule has 30 heavy (non-hydrogen) atoms. The van der Waals surface area contributed by atoms with Crippen molar-refractivity contribution >= 4 is 55.6 Å². The zero-order chi connectivity index (χ0) is 21.5. The number of halogens is 1. The van der Waals surface area contributed by atoms with Crippen molar-refractivity contribution < 1.29 is 19.3 Å². The molecule has 10 heteroatoms. The summed E-state index contributed by atoms with van der Waals surface area (Å²) >= 11 is 2.69. The van der Waals surface area contributed by atoms with Gasteiger partial charge in [0.25, 0.3) is 10.8 Å². The number of amides is 1. The van der Waals surface area contributed by atoms with Crippen LogP contribution in [-0.4, -0.2) is 27.0 Å². The second-order valence-electron chi connectivity index (χ2n) is 7.08. The van der Waals surface area contributed by atoms with E-state index in [1.54, 1.807) is 24.3 Å². The number of amidine groups is 1. The lowest BCUT2D eigenvalue weighted by molar-refractivity contribution is -0.729. The van der Waals surface area contributed by atoms with Gasteiger partial charge in [0.1, 0.15) is 5.82 Å². The number of thioether (sulfide) groups is 1. The maximum Gasteiger partial charge on any atom is 0.317 e. The summed E-state index contributed by atoms with van der Waals surface area (Å²) in [5, 5.41) is 12.8. The van der Waals surface area contributed by atoms with Crippen LogP contribution in [0.3, 0.4) is 0 Å². The number of nitrogens with zero attached hydrogens (tertiary/aromatic N) is 2. The highest BCUT2D eigenvalue weighted by molar-refractivity contribution is 8.13. The van der Waals surface area contributed by atoms with E-state index in [0.29, 0.717) is 15.4 Å². The molecule has 4 N–H and O–H groups in total. The lowest BCUT2D eigenvalue weighted by atomic mass is 9.89. The lowest BCUT2D eigenvalue weighted by Crippen LogP contribution is -2.29. The van der Waals surface area contributed by atoms with Crippen LogP contribution in [0.25, 0.3) is 10.1 Å². The van der Waals surface area contributed by atoms with E-state index in [4.69, 9.17) is 10.9 Å². The number of fused-ring (bicyclic) bond motifs is 1. The number of thiophene rings is 1. The number of rotatable bonds is 4. The highest BCUT2D eigenvalue weighted by Gasteiger charge is 2.30. The Hall–Kier alpha value is -2.98. The van der Waals surface area contributed by atoms with Crippen LogP contribution in [0.5, 0.6) is 0 Å². The Morgan fingerprint density at radius 1 is 1.30 bits per heavy atom. The van der Waals surface area contributed by atoms with Crippen LogP contribution in [-0.2, 0) is 5.54 Å². The van der Waals surface area contributed by atoms with E-state index < -0.39 is 17.3 Å². The van der Waals surface area contributed by atoms with E-state index >= 15 is 0 Å². The molecule has 2 aromatic carbocycles. The Balaban J connectivity index is 1.62. The van der Waals surface area contributed by atoms with E-state index in [-0.39, 0.29) is 16.3 Å². The Morgan fingerprint density at radius 3 is 2.83 bits per heavy atom. The smallest absolute Gasteiger partial charge is 0.317 e. The molecular formula is C20H18FN4O3S2+. The van der Waals surface area contributed by atoms with Gasteiger partial charge in [-0.25, -0.2) is 9.60 Å². The Kier molecular flexibility index (Phi) is 5.20. The zero-order valence-electron chi connectivity index (χ0n) is 15.9. The first kappa shape index (κ1) is 20.3. The van der Waals surface area contributed by atoms with E-state index in [9.17, 15) is 14.1 Å². The molecule has 0 fully saturated rings. The van der Waals surface area contributed by atoms with Crippen LogP contribution in [0.4, 0.5) is 15.8 Å². The average molecular weight is 446 g/mol. The predicted octanol–water partition coefficient (Wildman–Crippen LogP) is 4.76. The topological polar surface area (TPSA) is 108 Å². The van der Waals surface area contributed by atoms with Gasteiger partial charge in [-0.2, -0.15) is 0 Å². The van der Waals surface area contributed by atoms with Gasteiger partial charge < -0.3 is 11.1 Å². The van der Waals surface area contributed by atoms with Crippen LogP contribution in [0.1, 0.15) is 28.6 Å². The third kappa shape index (κ3) is 3.88. The SMILES string of the molecule is CC1(c2ccc(F)c(NC(=O)c3cc4cc([N+](=O)O)ccc4s3)c2)CCSC(N)=N1. The molecule has 4 rings (SSSR count). The Morgan fingerprint density at radius 2 is 2.10 bits per heavy atom. The molecule has 7 nitrogen and oxygen atoms in total. The number of hydrogen-bond donors (Lipinski definition) is 3. The predicted molar refractivity (Wildman–Crippen MR) is 117 cm³/mol. The summed E-state index contributed by atoms with van der Waals surface area (Å²) < 4.78 is 15.2. The van der Waals surface area contributed by atoms with Crippen molar-refractivity contribution in [2.45, 2.75) is 18.9 Å². The first-order chi connectivity index (χ1) is 14.2. The summed E-state index contributed by atoms with van der Waals surface area (Å²) in [6, 6.07) is 10.7. The number of nitrogens with two attached hydrogens (primary N) is 1. The molecule has 0 saturated carbocycles. The molecule has 3 aromatic rings. The molecule has 2 heterocycles. The van der Waals surface area contributed by atoms with Gasteiger partial charge in [0.15, 0.2) is 5.17 Å². The van der Waals surface area contributed by atoms with Gasteiger partial charge in [-0.15, -0.1) is 11.3 Å². The van der Waals surface area contributed by atoms with Crippen molar-refractivity contribution in [3.8, 4) is 0 Å². The summed E-state index contributed by atoms with van der Waals surface area (Å²) in [4.78, 5) is 28.4. The van der Waals surface area contributed by atoms with Crippen molar-refractivity contribution in [1.29, 1.82) is 0 Å². The van der Waals surface area contributed by atoms with Crippen LogP contribution in [0.15, 0.2) is 47.5 Å². The molecular weight excluding hydrogens is 427 g/mol. The number of anilines is 1. The molecule has 1 amide bonds. The third-order valence-electron chi connectivity index (χ3n) is 4.98. The lowest BCUT2D eigenvalue weighted by Gasteiger charge is -2.30. The number of benzene rings is 2. The maximum atomic E-state index is 14.4. The van der Waals surface area contributed by atoms with Gasteiger partial charge in [-0.05, 0) is 43.2 Å². The van der Waals surface area contributed by atoms with Gasteiger partial charge in [-0.1, -0.05) is 17.8 Å². The normalized spacial score (nSPS) is 18.8. The Labute approximate surface area is 179 Å². The number of hydrogen-bond acceptors (Lipinski definition) is 6. The van der Waals surface area contributed by atoms with Gasteiger partial charge in [-0.3, -0.25) is 9.79 Å². The molecule has 1 aliphatic heterocycles. The van der Waals surface area contributed by atoms with Crippen molar-refractivity contribution in [3.05, 3.63) is 63.6 Å². The second-order valence-corrected chi connectivity index (χ2v) is 9.28. The molecule has 1 unspecified atom stereocenters. The minimum absolute atomic E-state index is 0.0599. The monoisotopic (exact) mass is 445 g/mol. The van der Waals surface area contributed by atoms with Gasteiger partial charge in [0.05, 0.1) is 21.0 Å². The van der Waals surface area contributed by atoms with Crippen LogP contribution in [0.2, 0.25) is 0 Å². The molecule has 0 bridgehead atoms. The van der Waals surface area contributed by atoms with Crippen molar-refractivity contribution in [3.63, 3.8) is 0 Å². The van der Waals surface area contributed by atoms with Gasteiger partial charge in [0, 0.05) is 28.0 Å². The van der Waals surface area contributed by atoms with Crippen molar-refractivity contribution in [2.75, 3.05) is 11.1 Å². The number of aliphatic imine (C=N–C) groups is 1. The summed E-state index contributed by atoms with van der Waals surface area (Å²) in [5.41, 5.74) is 6.18. The molecule has 0 saturated heterocycles. The highest BCUT2D eigenvalue weighted by atomic mass is 32.2. The fraction of sp³-hybridized carbons (Fsp3) is 0.200. The Bertz CT molecular complexity index is 1210. The van der Waals surface area contributed by atoms with Gasteiger partial charge in [0.2, 0.25) is 0 Å². The first-order valence-electron chi connectivity index (χ1n) is 9.04. The standard InChI is InChI=1S/C20H17FN4O3S2/c1-20(6-7-29-19(22)24-20)12-2-4-14(21)15(10-12)23-18(26)17-9-11-8-13(25(27)28)3-5-16(11)30-17/h2-5,8-10H,6-7H2,1H3,(H3-,22,23,24,26,27,28)/p+1. The minimum atomic E-state index is -0.578. The molecule has 0 radical (unpaired) electrons. The maximum absolute atomic E-state index is 14.4. The highest BCUT2D eigenvalue weighted by Crippen LogP contribution is 2.37. The van der Waals surface area contributed by atoms with Gasteiger partial charge >= 0.3 is 5.69 Å². The third-order valence-corrected chi connectivity index (χ3v) is 6.89. The van der Waals surface area contributed by atoms with Crippen LogP contribution >= 0.6 is 23.1 Å². The summed E-state index contributed by atoms with van der Waals surface area (Å²) in [6.45, 7) is 1.93. The molecule has 0 aliphatic carbocycles. The number of carbonyl (C=O) groups is 1. The fourth-order valence-corrected chi connectivity index (χ4v) is 5.21. The largest absolute Gasteiger partial charge is 0.379 e. The van der Waals surface area contributed by atoms with Crippen molar-refractivity contribution in [2.24, 2.45) is 10.7 Å². The summed E-state index contributed by atoms with van der Waals surface area (Å²) in [5.74, 6) is -0.212. The molecule has 1 aliphatic rings. The number of carbonyl (C=O) groups excluding carboxylic acids is 1. The molecule has 1 aromatic heterocycles. The summed E-state index contributed by atoms with van der Waals surface area (Å²) in [7, 11) is 0. The average Bonchev–Trinajstić information content (AvgIpc) is 3.13.